The number of carbonyl (C=O) groups excluding carboxylic acids is 2. The third-order valence-electron chi connectivity index (χ3n) is 5.42. The number of benzene rings is 1. The van der Waals surface area contributed by atoms with Gasteiger partial charge in [-0.2, -0.15) is 0 Å². The third-order valence-corrected chi connectivity index (χ3v) is 5.42. The number of rotatable bonds is 5. The number of halogens is 1. The zero-order chi connectivity index (χ0) is 19.1. The van der Waals surface area contributed by atoms with Crippen molar-refractivity contribution in [1.82, 2.24) is 15.5 Å². The minimum Gasteiger partial charge on any atom is -0.369 e. The van der Waals surface area contributed by atoms with E-state index in [0.717, 1.165) is 64.1 Å². The first kappa shape index (κ1) is 19.6. The lowest BCUT2D eigenvalue weighted by Crippen LogP contribution is -2.50. The van der Waals surface area contributed by atoms with Gasteiger partial charge in [-0.3, -0.25) is 14.5 Å². The summed E-state index contributed by atoms with van der Waals surface area (Å²) < 4.78 is 13.0. The van der Waals surface area contributed by atoms with Gasteiger partial charge in [0.15, 0.2) is 0 Å². The standard InChI is InChI=1S/C20H29FN4O2/c21-16-6-8-18(9-7-16)25-14-12-24(13-15-25)11-10-22-19(26)20(27)23-17-4-2-1-3-5-17/h6-9,17H,1-5,10-15H2,(H,22,26)(H,23,27). The zero-order valence-electron chi connectivity index (χ0n) is 15.8. The van der Waals surface area contributed by atoms with Gasteiger partial charge in [0.05, 0.1) is 0 Å². The predicted molar refractivity (Wildman–Crippen MR) is 103 cm³/mol. The van der Waals surface area contributed by atoms with Gasteiger partial charge >= 0.3 is 11.8 Å². The van der Waals surface area contributed by atoms with Gasteiger partial charge in [0.1, 0.15) is 5.82 Å². The van der Waals surface area contributed by atoms with Crippen molar-refractivity contribution in [2.24, 2.45) is 0 Å². The van der Waals surface area contributed by atoms with Gasteiger partial charge in [-0.05, 0) is 37.1 Å². The quantitative estimate of drug-likeness (QED) is 0.765. The maximum absolute atomic E-state index is 13.0. The van der Waals surface area contributed by atoms with Crippen molar-refractivity contribution in [2.45, 2.75) is 38.1 Å². The second kappa shape index (κ2) is 9.69. The summed E-state index contributed by atoms with van der Waals surface area (Å²) in [4.78, 5) is 28.4. The van der Waals surface area contributed by atoms with Crippen molar-refractivity contribution in [3.05, 3.63) is 30.1 Å². The predicted octanol–water partition coefficient (Wildman–Crippen LogP) is 1.51. The minimum atomic E-state index is -0.537. The lowest BCUT2D eigenvalue weighted by molar-refractivity contribution is -0.139. The van der Waals surface area contributed by atoms with Crippen molar-refractivity contribution in [2.75, 3.05) is 44.2 Å². The van der Waals surface area contributed by atoms with Crippen LogP contribution in [0.1, 0.15) is 32.1 Å². The molecule has 0 radical (unpaired) electrons. The fraction of sp³-hybridized carbons (Fsp3) is 0.600. The third kappa shape index (κ3) is 5.92. The summed E-state index contributed by atoms with van der Waals surface area (Å²) in [6.07, 6.45) is 5.40. The van der Waals surface area contributed by atoms with Crippen LogP contribution in [0.3, 0.4) is 0 Å². The number of anilines is 1. The molecule has 0 atom stereocenters. The van der Waals surface area contributed by atoms with Crippen LogP contribution in [0.5, 0.6) is 0 Å². The first-order chi connectivity index (χ1) is 13.1. The Hall–Kier alpha value is -2.15. The average Bonchev–Trinajstić information content (AvgIpc) is 2.70. The van der Waals surface area contributed by atoms with Gasteiger partial charge in [-0.15, -0.1) is 0 Å². The van der Waals surface area contributed by atoms with E-state index in [1.54, 1.807) is 12.1 Å². The van der Waals surface area contributed by atoms with Crippen LogP contribution in [0.15, 0.2) is 24.3 Å². The maximum Gasteiger partial charge on any atom is 0.309 e. The first-order valence-corrected chi connectivity index (χ1v) is 9.93. The molecule has 0 spiro atoms. The molecule has 0 aromatic heterocycles. The molecule has 1 saturated carbocycles. The van der Waals surface area contributed by atoms with Gasteiger partial charge < -0.3 is 15.5 Å². The molecular formula is C20H29FN4O2. The lowest BCUT2D eigenvalue weighted by atomic mass is 9.95. The molecule has 2 aliphatic rings. The van der Waals surface area contributed by atoms with E-state index in [1.807, 2.05) is 0 Å². The largest absolute Gasteiger partial charge is 0.369 e. The Morgan fingerprint density at radius 3 is 2.30 bits per heavy atom. The fourth-order valence-electron chi connectivity index (χ4n) is 3.79. The van der Waals surface area contributed by atoms with Gasteiger partial charge in [-0.1, -0.05) is 19.3 Å². The smallest absolute Gasteiger partial charge is 0.309 e. The van der Waals surface area contributed by atoms with Crippen LogP contribution < -0.4 is 15.5 Å². The van der Waals surface area contributed by atoms with Crippen LogP contribution in [0.2, 0.25) is 0 Å². The molecule has 2 N–H and O–H groups in total. The van der Waals surface area contributed by atoms with E-state index in [9.17, 15) is 14.0 Å². The Kier molecular flexibility index (Phi) is 7.04. The monoisotopic (exact) mass is 376 g/mol. The van der Waals surface area contributed by atoms with Crippen LogP contribution in [0.4, 0.5) is 10.1 Å². The molecule has 0 unspecified atom stereocenters. The summed E-state index contributed by atoms with van der Waals surface area (Å²) in [6.45, 7) is 4.67. The summed E-state index contributed by atoms with van der Waals surface area (Å²) in [6, 6.07) is 6.72. The molecule has 1 aromatic carbocycles. The van der Waals surface area contributed by atoms with Crippen LogP contribution in [-0.4, -0.2) is 62.0 Å². The van der Waals surface area contributed by atoms with Crippen molar-refractivity contribution in [3.63, 3.8) is 0 Å². The van der Waals surface area contributed by atoms with Crippen LogP contribution in [-0.2, 0) is 9.59 Å². The highest BCUT2D eigenvalue weighted by atomic mass is 19.1. The van der Waals surface area contributed by atoms with Crippen LogP contribution in [0.25, 0.3) is 0 Å². The summed E-state index contributed by atoms with van der Waals surface area (Å²) in [7, 11) is 0. The number of hydrogen-bond donors (Lipinski definition) is 2. The van der Waals surface area contributed by atoms with Gasteiger partial charge in [-0.25, -0.2) is 4.39 Å². The second-order valence-electron chi connectivity index (χ2n) is 7.37. The van der Waals surface area contributed by atoms with Crippen molar-refractivity contribution >= 4 is 17.5 Å². The number of carbonyl (C=O) groups is 2. The molecule has 148 valence electrons. The SMILES string of the molecule is O=C(NCCN1CCN(c2ccc(F)cc2)CC1)C(=O)NC1CCCCC1. The summed E-state index contributed by atoms with van der Waals surface area (Å²) in [5.74, 6) is -1.27. The average molecular weight is 376 g/mol. The van der Waals surface area contributed by atoms with Crippen molar-refractivity contribution < 1.29 is 14.0 Å². The Balaban J connectivity index is 1.32. The van der Waals surface area contributed by atoms with E-state index in [1.165, 1.54) is 18.6 Å². The Morgan fingerprint density at radius 2 is 1.63 bits per heavy atom. The van der Waals surface area contributed by atoms with Crippen molar-refractivity contribution in [1.29, 1.82) is 0 Å². The van der Waals surface area contributed by atoms with E-state index in [-0.39, 0.29) is 11.9 Å². The van der Waals surface area contributed by atoms with Crippen LogP contribution in [0, 0.1) is 5.82 Å². The molecule has 2 amide bonds. The molecule has 1 aliphatic carbocycles. The summed E-state index contributed by atoms with van der Waals surface area (Å²) in [5.41, 5.74) is 1.03. The molecule has 3 rings (SSSR count). The molecule has 2 fully saturated rings. The fourth-order valence-corrected chi connectivity index (χ4v) is 3.79. The normalized spacial score (nSPS) is 18.9. The molecule has 0 bridgehead atoms. The number of hydrogen-bond acceptors (Lipinski definition) is 4. The molecule has 27 heavy (non-hydrogen) atoms. The number of amides is 2. The Labute approximate surface area is 160 Å². The van der Waals surface area contributed by atoms with E-state index < -0.39 is 11.8 Å². The van der Waals surface area contributed by atoms with E-state index in [4.69, 9.17) is 0 Å². The van der Waals surface area contributed by atoms with Gasteiger partial charge in [0.25, 0.3) is 0 Å². The van der Waals surface area contributed by atoms with E-state index in [2.05, 4.69) is 20.4 Å². The lowest BCUT2D eigenvalue weighted by Gasteiger charge is -2.36. The van der Waals surface area contributed by atoms with Crippen LogP contribution >= 0.6 is 0 Å². The Bertz CT molecular complexity index is 623. The Morgan fingerprint density at radius 1 is 0.963 bits per heavy atom. The number of nitrogens with zero attached hydrogens (tertiary/aromatic N) is 2. The highest BCUT2D eigenvalue weighted by Gasteiger charge is 2.21. The molecule has 7 heteroatoms. The molecule has 1 heterocycles. The zero-order valence-corrected chi connectivity index (χ0v) is 15.8. The maximum atomic E-state index is 13.0. The minimum absolute atomic E-state index is 0.150. The van der Waals surface area contributed by atoms with Gasteiger partial charge in [0, 0.05) is 51.0 Å². The van der Waals surface area contributed by atoms with E-state index in [0.29, 0.717) is 6.54 Å². The van der Waals surface area contributed by atoms with E-state index >= 15 is 0 Å². The number of piperazine rings is 1. The topological polar surface area (TPSA) is 64.7 Å². The molecule has 1 aromatic rings. The highest BCUT2D eigenvalue weighted by molar-refractivity contribution is 6.35. The molecule has 1 aliphatic heterocycles. The molecule has 6 nitrogen and oxygen atoms in total. The molecule has 1 saturated heterocycles. The summed E-state index contributed by atoms with van der Waals surface area (Å²) >= 11 is 0. The summed E-state index contributed by atoms with van der Waals surface area (Å²) in [5, 5.41) is 5.56. The number of nitrogens with one attached hydrogen (secondary N) is 2. The van der Waals surface area contributed by atoms with Crippen molar-refractivity contribution in [3.8, 4) is 0 Å². The molecular weight excluding hydrogens is 347 g/mol. The first-order valence-electron chi connectivity index (χ1n) is 9.93. The second-order valence-corrected chi connectivity index (χ2v) is 7.37. The van der Waals surface area contributed by atoms with Gasteiger partial charge in [0.2, 0.25) is 0 Å². The highest BCUT2D eigenvalue weighted by Crippen LogP contribution is 2.17.